The third-order valence-electron chi connectivity index (χ3n) is 8.26. The van der Waals surface area contributed by atoms with Gasteiger partial charge in [0.1, 0.15) is 5.82 Å². The molecule has 1 saturated heterocycles. The highest BCUT2D eigenvalue weighted by atomic mass is 19.1. The van der Waals surface area contributed by atoms with Gasteiger partial charge in [-0.05, 0) is 79.1 Å². The quantitative estimate of drug-likeness (QED) is 0.221. The number of hydrogen-bond acceptors (Lipinski definition) is 3. The van der Waals surface area contributed by atoms with Gasteiger partial charge in [0.05, 0.1) is 24.0 Å². The van der Waals surface area contributed by atoms with Crippen molar-refractivity contribution in [1.29, 1.82) is 0 Å². The molecular formula is C38H44FN2O3. The molecule has 1 aromatic heterocycles. The Morgan fingerprint density at radius 1 is 0.932 bits per heavy atom. The average molecular weight is 596 g/mol. The number of aromatic nitrogens is 1. The fourth-order valence-electron chi connectivity index (χ4n) is 6.26. The molecule has 0 spiro atoms. The number of ether oxygens (including phenoxy) is 2. The second-order valence-corrected chi connectivity index (χ2v) is 13.5. The zero-order chi connectivity index (χ0) is 31.6. The molecule has 1 unspecified atom stereocenters. The van der Waals surface area contributed by atoms with Crippen LogP contribution in [-0.2, 0) is 16.0 Å². The molecule has 2 heterocycles. The number of nitrogens with one attached hydrogen (secondary N) is 1. The van der Waals surface area contributed by atoms with Crippen LogP contribution in [0.15, 0.2) is 84.9 Å². The maximum absolute atomic E-state index is 14.3. The molecule has 0 bridgehead atoms. The average Bonchev–Trinajstić information content (AvgIpc) is 3.32. The van der Waals surface area contributed by atoms with Crippen LogP contribution in [0.4, 0.5) is 10.1 Å². The van der Waals surface area contributed by atoms with E-state index in [0.717, 1.165) is 33.8 Å². The first-order valence-electron chi connectivity index (χ1n) is 15.5. The highest BCUT2D eigenvalue weighted by molar-refractivity contribution is 6.12. The lowest BCUT2D eigenvalue weighted by Crippen LogP contribution is -2.47. The summed E-state index contributed by atoms with van der Waals surface area (Å²) in [5, 5.41) is 3.15. The van der Waals surface area contributed by atoms with Gasteiger partial charge in [-0.3, -0.25) is 4.79 Å². The number of halogens is 1. The monoisotopic (exact) mass is 595 g/mol. The second kappa shape index (κ2) is 12.7. The lowest BCUT2D eigenvalue weighted by atomic mass is 9.76. The first kappa shape index (κ1) is 31.7. The molecule has 1 amide bonds. The van der Waals surface area contributed by atoms with Crippen molar-refractivity contribution in [3.8, 4) is 22.4 Å². The number of anilines is 1. The number of amides is 1. The summed E-state index contributed by atoms with van der Waals surface area (Å²) in [5.74, 6) is -1.14. The van der Waals surface area contributed by atoms with Crippen LogP contribution in [0.2, 0.25) is 0 Å². The molecular weight excluding hydrogens is 551 g/mol. The summed E-state index contributed by atoms with van der Waals surface area (Å²) in [5.41, 5.74) is 5.70. The van der Waals surface area contributed by atoms with Crippen molar-refractivity contribution in [2.24, 2.45) is 11.3 Å². The Hall–Kier alpha value is -3.74. The molecule has 0 aliphatic carbocycles. The van der Waals surface area contributed by atoms with Crippen LogP contribution in [0, 0.1) is 23.8 Å². The van der Waals surface area contributed by atoms with E-state index in [1.54, 1.807) is 12.1 Å². The molecule has 0 saturated carbocycles. The molecule has 4 aromatic rings. The van der Waals surface area contributed by atoms with Crippen LogP contribution in [0.1, 0.15) is 76.9 Å². The Bertz CT molecular complexity index is 1570. The fourth-order valence-corrected chi connectivity index (χ4v) is 6.26. The number of benzene rings is 3. The summed E-state index contributed by atoms with van der Waals surface area (Å²) in [6, 6.07) is 26.1. The van der Waals surface area contributed by atoms with Gasteiger partial charge in [-0.2, -0.15) is 0 Å². The molecule has 5 rings (SSSR count). The molecule has 1 N–H and O–H groups in total. The number of carbonyl (C=O) groups is 1. The van der Waals surface area contributed by atoms with Gasteiger partial charge in [-0.15, -0.1) is 0 Å². The number of nitrogens with zero attached hydrogens (tertiary/aromatic N) is 1. The Labute approximate surface area is 261 Å². The maximum atomic E-state index is 14.3. The van der Waals surface area contributed by atoms with Gasteiger partial charge in [0.25, 0.3) is 5.91 Å². The predicted molar refractivity (Wildman–Crippen MR) is 176 cm³/mol. The minimum Gasteiger partial charge on any atom is -0.347 e. The molecule has 44 heavy (non-hydrogen) atoms. The lowest BCUT2D eigenvalue weighted by molar-refractivity contribution is -0.281. The Morgan fingerprint density at radius 3 is 2.14 bits per heavy atom. The highest BCUT2D eigenvalue weighted by Crippen LogP contribution is 2.45. The van der Waals surface area contributed by atoms with E-state index in [-0.39, 0.29) is 35.1 Å². The van der Waals surface area contributed by atoms with Crippen molar-refractivity contribution < 1.29 is 18.7 Å². The summed E-state index contributed by atoms with van der Waals surface area (Å²) in [6.45, 7) is 17.3. The SMILES string of the molecule is CC(C)c1c(C(=O)Nc2ccccc2)c(-c2ccccc2)c(-c2ccc(F)cc2)n1CCC1OC(C)(C)O[CH][C@H]1C(C)(C)C. The topological polar surface area (TPSA) is 52.5 Å². The molecule has 2 atom stereocenters. The van der Waals surface area contributed by atoms with Gasteiger partial charge in [-0.1, -0.05) is 83.1 Å². The van der Waals surface area contributed by atoms with Crippen LogP contribution in [-0.4, -0.2) is 22.4 Å². The van der Waals surface area contributed by atoms with E-state index in [4.69, 9.17) is 9.47 Å². The Kier molecular flexibility index (Phi) is 9.15. The van der Waals surface area contributed by atoms with E-state index in [1.165, 1.54) is 12.1 Å². The molecule has 5 nitrogen and oxygen atoms in total. The minimum atomic E-state index is -0.736. The second-order valence-electron chi connectivity index (χ2n) is 13.5. The summed E-state index contributed by atoms with van der Waals surface area (Å²) < 4.78 is 29.0. The third-order valence-corrected chi connectivity index (χ3v) is 8.26. The highest BCUT2D eigenvalue weighted by Gasteiger charge is 2.42. The lowest BCUT2D eigenvalue weighted by Gasteiger charge is -2.46. The molecule has 6 heteroatoms. The summed E-state index contributed by atoms with van der Waals surface area (Å²) in [6.07, 6.45) is 0.589. The molecule has 231 valence electrons. The van der Waals surface area contributed by atoms with Gasteiger partial charge >= 0.3 is 0 Å². The van der Waals surface area contributed by atoms with Crippen LogP contribution >= 0.6 is 0 Å². The van der Waals surface area contributed by atoms with E-state index < -0.39 is 5.79 Å². The van der Waals surface area contributed by atoms with Crippen molar-refractivity contribution in [2.45, 2.75) is 79.2 Å². The molecule has 3 aromatic carbocycles. The zero-order valence-electron chi connectivity index (χ0n) is 26.9. The summed E-state index contributed by atoms with van der Waals surface area (Å²) in [4.78, 5) is 14.3. The van der Waals surface area contributed by atoms with Crippen LogP contribution < -0.4 is 5.32 Å². The van der Waals surface area contributed by atoms with E-state index in [1.807, 2.05) is 81.1 Å². The largest absolute Gasteiger partial charge is 0.347 e. The van der Waals surface area contributed by atoms with E-state index in [2.05, 4.69) is 44.5 Å². The van der Waals surface area contributed by atoms with Crippen molar-refractivity contribution in [3.05, 3.63) is 109 Å². The maximum Gasteiger partial charge on any atom is 0.258 e. The number of carbonyl (C=O) groups excluding carboxylic acids is 1. The molecule has 1 radical (unpaired) electrons. The van der Waals surface area contributed by atoms with Crippen LogP contribution in [0.3, 0.4) is 0 Å². The van der Waals surface area contributed by atoms with Gasteiger partial charge in [0.2, 0.25) is 0 Å². The molecule has 1 fully saturated rings. The predicted octanol–water partition coefficient (Wildman–Crippen LogP) is 9.70. The molecule has 1 aliphatic heterocycles. The standard InChI is InChI=1S/C38H44FN2O3/c1-25(2)34-33(36(42)40-29-16-12-9-13-17-29)32(26-14-10-8-11-15-26)35(27-18-20-28(39)21-19-27)41(34)23-22-31-30(37(3,4)5)24-43-38(6,7)44-31/h8-21,24-25,30-31H,22-23H2,1-7H3,(H,40,42)/t30-,31?/m1/s1. The Morgan fingerprint density at radius 2 is 1.55 bits per heavy atom. The van der Waals surface area contributed by atoms with Gasteiger partial charge < -0.3 is 19.4 Å². The van der Waals surface area contributed by atoms with Crippen molar-refractivity contribution >= 4 is 11.6 Å². The normalized spacial score (nSPS) is 18.4. The van der Waals surface area contributed by atoms with E-state index in [0.29, 0.717) is 18.5 Å². The number of para-hydroxylation sites is 1. The van der Waals surface area contributed by atoms with Gasteiger partial charge in [-0.25, -0.2) is 4.39 Å². The summed E-state index contributed by atoms with van der Waals surface area (Å²) >= 11 is 0. The smallest absolute Gasteiger partial charge is 0.258 e. The van der Waals surface area contributed by atoms with Gasteiger partial charge in [0.15, 0.2) is 5.79 Å². The fraction of sp³-hybridized carbons (Fsp3) is 0.368. The molecule has 1 aliphatic rings. The van der Waals surface area contributed by atoms with Crippen molar-refractivity contribution in [2.75, 3.05) is 5.32 Å². The van der Waals surface area contributed by atoms with Crippen LogP contribution in [0.5, 0.6) is 0 Å². The first-order chi connectivity index (χ1) is 20.9. The number of rotatable bonds is 8. The van der Waals surface area contributed by atoms with Gasteiger partial charge in [0, 0.05) is 29.4 Å². The van der Waals surface area contributed by atoms with Crippen molar-refractivity contribution in [1.82, 2.24) is 4.57 Å². The first-order valence-corrected chi connectivity index (χ1v) is 15.5. The van der Waals surface area contributed by atoms with Crippen LogP contribution in [0.25, 0.3) is 22.4 Å². The van der Waals surface area contributed by atoms with Crippen molar-refractivity contribution in [3.63, 3.8) is 0 Å². The number of hydrogen-bond donors (Lipinski definition) is 1. The zero-order valence-corrected chi connectivity index (χ0v) is 26.9. The Balaban J connectivity index is 1.71. The minimum absolute atomic E-state index is 0.0141. The third kappa shape index (κ3) is 6.82. The van der Waals surface area contributed by atoms with E-state index >= 15 is 0 Å². The summed E-state index contributed by atoms with van der Waals surface area (Å²) in [7, 11) is 0. The van der Waals surface area contributed by atoms with E-state index in [9.17, 15) is 9.18 Å².